The molecule has 2 aliphatic heterocycles. The normalized spacial score (nSPS) is 19.9. The van der Waals surface area contributed by atoms with E-state index < -0.39 is 21.8 Å². The Hall–Kier alpha value is -2.83. The summed E-state index contributed by atoms with van der Waals surface area (Å²) in [4.78, 5) is -0.194. The van der Waals surface area contributed by atoms with E-state index in [1.54, 1.807) is 31.2 Å². The number of sulfonamides is 1. The molecule has 0 spiro atoms. The summed E-state index contributed by atoms with van der Waals surface area (Å²) in [5, 5.41) is 9.70. The number of hydrogen-bond acceptors (Lipinski definition) is 5. The molecule has 29 heavy (non-hydrogen) atoms. The second-order valence-electron chi connectivity index (χ2n) is 6.47. The standard InChI is InChI=1S/C20H15BrFN3O3S/c1-2-25-16-6-4-3-5-12(16)18-19(29(25,26)27)17(14(10-23)20(24)28-18)13-9-11(21)7-8-15(13)22/h3-9,17H,2,24H2,1H3/t17-/m0/s1. The van der Waals surface area contributed by atoms with Gasteiger partial charge in [-0.1, -0.05) is 28.1 Å². The number of benzene rings is 2. The van der Waals surface area contributed by atoms with Crippen molar-refractivity contribution in [2.24, 2.45) is 5.73 Å². The predicted octanol–water partition coefficient (Wildman–Crippen LogP) is 3.93. The van der Waals surface area contributed by atoms with Crippen molar-refractivity contribution in [1.82, 2.24) is 0 Å². The summed E-state index contributed by atoms with van der Waals surface area (Å²) in [5.41, 5.74) is 6.81. The van der Waals surface area contributed by atoms with Crippen LogP contribution in [0.5, 0.6) is 0 Å². The summed E-state index contributed by atoms with van der Waals surface area (Å²) in [5.74, 6) is -2.10. The Morgan fingerprint density at radius 1 is 1.31 bits per heavy atom. The van der Waals surface area contributed by atoms with Crippen molar-refractivity contribution in [3.8, 4) is 6.07 Å². The van der Waals surface area contributed by atoms with Gasteiger partial charge in [-0.2, -0.15) is 5.26 Å². The van der Waals surface area contributed by atoms with Crippen LogP contribution in [0.3, 0.4) is 0 Å². The topological polar surface area (TPSA) is 96.4 Å². The molecule has 0 aliphatic carbocycles. The molecule has 0 saturated heterocycles. The summed E-state index contributed by atoms with van der Waals surface area (Å²) in [6, 6.07) is 12.9. The summed E-state index contributed by atoms with van der Waals surface area (Å²) < 4.78 is 49.4. The Labute approximate surface area is 175 Å². The lowest BCUT2D eigenvalue weighted by Crippen LogP contribution is -2.39. The van der Waals surface area contributed by atoms with Gasteiger partial charge >= 0.3 is 0 Å². The molecule has 2 aliphatic rings. The molecule has 9 heteroatoms. The van der Waals surface area contributed by atoms with E-state index in [9.17, 15) is 18.1 Å². The molecule has 0 radical (unpaired) electrons. The fraction of sp³-hybridized carbons (Fsp3) is 0.150. The summed E-state index contributed by atoms with van der Waals surface area (Å²) in [7, 11) is -4.12. The Kier molecular flexibility index (Phi) is 4.63. The third-order valence-corrected chi connectivity index (χ3v) is 7.42. The zero-order valence-corrected chi connectivity index (χ0v) is 17.6. The highest BCUT2D eigenvalue weighted by molar-refractivity contribution is 9.10. The van der Waals surface area contributed by atoms with Gasteiger partial charge in [-0.15, -0.1) is 0 Å². The summed E-state index contributed by atoms with van der Waals surface area (Å²) in [6.45, 7) is 1.86. The number of rotatable bonds is 2. The van der Waals surface area contributed by atoms with E-state index in [4.69, 9.17) is 10.5 Å². The number of nitrogens with zero attached hydrogens (tertiary/aromatic N) is 2. The number of hydrogen-bond donors (Lipinski definition) is 1. The molecule has 4 rings (SSSR count). The number of para-hydroxylation sites is 1. The Morgan fingerprint density at radius 2 is 2.03 bits per heavy atom. The van der Waals surface area contributed by atoms with Gasteiger partial charge in [0.05, 0.1) is 11.6 Å². The molecule has 2 heterocycles. The molecule has 2 N–H and O–H groups in total. The van der Waals surface area contributed by atoms with E-state index >= 15 is 0 Å². The number of halogens is 2. The fourth-order valence-electron chi connectivity index (χ4n) is 3.70. The van der Waals surface area contributed by atoms with Gasteiger partial charge in [0.1, 0.15) is 22.4 Å². The van der Waals surface area contributed by atoms with Crippen molar-refractivity contribution in [3.05, 3.63) is 80.2 Å². The van der Waals surface area contributed by atoms with Crippen molar-refractivity contribution >= 4 is 37.4 Å². The molecule has 2 aromatic carbocycles. The number of fused-ring (bicyclic) bond motifs is 2. The lowest BCUT2D eigenvalue weighted by atomic mass is 9.88. The quantitative estimate of drug-likeness (QED) is 0.709. The van der Waals surface area contributed by atoms with E-state index in [0.29, 0.717) is 15.7 Å². The first-order chi connectivity index (χ1) is 13.8. The van der Waals surface area contributed by atoms with Gasteiger partial charge < -0.3 is 10.5 Å². The maximum atomic E-state index is 14.8. The van der Waals surface area contributed by atoms with E-state index in [1.807, 2.05) is 6.07 Å². The van der Waals surface area contributed by atoms with Crippen molar-refractivity contribution in [3.63, 3.8) is 0 Å². The molecule has 0 unspecified atom stereocenters. The SMILES string of the molecule is CCN1c2ccccc2C2=C([C@@H](c3cc(Br)ccc3F)C(C#N)=C(N)O2)S1(=O)=O. The van der Waals surface area contributed by atoms with Crippen LogP contribution in [-0.2, 0) is 14.8 Å². The van der Waals surface area contributed by atoms with Gasteiger partial charge in [-0.25, -0.2) is 12.8 Å². The average Bonchev–Trinajstić information content (AvgIpc) is 2.69. The zero-order valence-electron chi connectivity index (χ0n) is 15.2. The molecule has 0 amide bonds. The van der Waals surface area contributed by atoms with Crippen LogP contribution in [0.1, 0.15) is 24.0 Å². The highest BCUT2D eigenvalue weighted by Gasteiger charge is 2.47. The lowest BCUT2D eigenvalue weighted by Gasteiger charge is -2.37. The lowest BCUT2D eigenvalue weighted by molar-refractivity contribution is 0.357. The molecule has 2 aromatic rings. The second-order valence-corrected chi connectivity index (χ2v) is 9.22. The first kappa shape index (κ1) is 19.5. The smallest absolute Gasteiger partial charge is 0.265 e. The molecule has 0 fully saturated rings. The van der Waals surface area contributed by atoms with Crippen LogP contribution in [0.15, 0.2) is 63.3 Å². The third kappa shape index (κ3) is 2.82. The van der Waals surface area contributed by atoms with Crippen LogP contribution in [0.4, 0.5) is 10.1 Å². The predicted molar refractivity (Wildman–Crippen MR) is 110 cm³/mol. The minimum absolute atomic E-state index is 0.0196. The first-order valence-electron chi connectivity index (χ1n) is 8.70. The van der Waals surface area contributed by atoms with Crippen LogP contribution in [-0.4, -0.2) is 15.0 Å². The average molecular weight is 476 g/mol. The molecule has 6 nitrogen and oxygen atoms in total. The highest BCUT2D eigenvalue weighted by Crippen LogP contribution is 2.51. The first-order valence-corrected chi connectivity index (χ1v) is 10.9. The highest BCUT2D eigenvalue weighted by atomic mass is 79.9. The molecular weight excluding hydrogens is 461 g/mol. The van der Waals surface area contributed by atoms with Gasteiger partial charge in [-0.05, 0) is 37.3 Å². The van der Waals surface area contributed by atoms with Gasteiger partial charge in [-0.3, -0.25) is 4.31 Å². The molecule has 1 atom stereocenters. The maximum Gasteiger partial charge on any atom is 0.265 e. The van der Waals surface area contributed by atoms with Crippen molar-refractivity contribution in [2.75, 3.05) is 10.8 Å². The molecule has 0 bridgehead atoms. The van der Waals surface area contributed by atoms with Gasteiger partial charge in [0.2, 0.25) is 5.88 Å². The molecule has 0 aromatic heterocycles. The Morgan fingerprint density at radius 3 is 2.72 bits per heavy atom. The monoisotopic (exact) mass is 475 g/mol. The number of anilines is 1. The molecule has 148 valence electrons. The minimum Gasteiger partial charge on any atom is -0.439 e. The minimum atomic E-state index is -4.12. The third-order valence-electron chi connectivity index (χ3n) is 4.91. The van der Waals surface area contributed by atoms with E-state index in [0.717, 1.165) is 0 Å². The van der Waals surface area contributed by atoms with Gasteiger partial charge in [0.25, 0.3) is 10.0 Å². The number of nitrogens with two attached hydrogens (primary N) is 1. The van der Waals surface area contributed by atoms with Crippen molar-refractivity contribution in [1.29, 1.82) is 5.26 Å². The fourth-order valence-corrected chi connectivity index (χ4v) is 6.00. The van der Waals surface area contributed by atoms with Crippen LogP contribution < -0.4 is 10.0 Å². The summed E-state index contributed by atoms with van der Waals surface area (Å²) >= 11 is 3.28. The van der Waals surface area contributed by atoms with Crippen LogP contribution in [0.2, 0.25) is 0 Å². The zero-order chi connectivity index (χ0) is 20.9. The summed E-state index contributed by atoms with van der Waals surface area (Å²) in [6.07, 6.45) is 0. The van der Waals surface area contributed by atoms with Gasteiger partial charge in [0.15, 0.2) is 5.76 Å². The van der Waals surface area contributed by atoms with Crippen LogP contribution in [0.25, 0.3) is 5.76 Å². The number of nitriles is 1. The molecular formula is C20H15BrFN3O3S. The van der Waals surface area contributed by atoms with E-state index in [-0.39, 0.29) is 34.2 Å². The Bertz CT molecular complexity index is 1250. The number of ether oxygens (including phenoxy) is 1. The number of allylic oxidation sites excluding steroid dienone is 2. The van der Waals surface area contributed by atoms with Gasteiger partial charge in [0, 0.05) is 22.1 Å². The second kappa shape index (κ2) is 6.90. The molecule has 0 saturated carbocycles. The van der Waals surface area contributed by atoms with Crippen molar-refractivity contribution < 1.29 is 17.5 Å². The van der Waals surface area contributed by atoms with E-state index in [2.05, 4.69) is 15.9 Å². The Balaban J connectivity index is 2.11. The van der Waals surface area contributed by atoms with E-state index in [1.165, 1.54) is 22.5 Å². The van der Waals surface area contributed by atoms with Crippen LogP contribution >= 0.6 is 15.9 Å². The largest absolute Gasteiger partial charge is 0.439 e. The van der Waals surface area contributed by atoms with Crippen LogP contribution in [0, 0.1) is 17.1 Å². The van der Waals surface area contributed by atoms with Crippen molar-refractivity contribution in [2.45, 2.75) is 12.8 Å². The maximum absolute atomic E-state index is 14.8.